The van der Waals surface area contributed by atoms with Crippen molar-refractivity contribution in [2.45, 2.75) is 30.0 Å². The standard InChI is InChI=1S/C12H14F3NS/c13-12(14,15)6-3-7-16-10-8-17-11-5-2-1-4-9(10)11/h1-2,4-5,10,16H,3,6-8H2. The molecule has 1 nitrogen and oxygen atoms in total. The third kappa shape index (κ3) is 3.64. The first-order valence-electron chi connectivity index (χ1n) is 5.58. The summed E-state index contributed by atoms with van der Waals surface area (Å²) in [5.74, 6) is 0.908. The van der Waals surface area contributed by atoms with E-state index < -0.39 is 12.6 Å². The molecule has 0 fully saturated rings. The summed E-state index contributed by atoms with van der Waals surface area (Å²) >= 11 is 1.75. The molecule has 1 unspecified atom stereocenters. The normalized spacial score (nSPS) is 19.4. The number of benzene rings is 1. The van der Waals surface area contributed by atoms with Gasteiger partial charge in [0.1, 0.15) is 0 Å². The number of hydrogen-bond donors (Lipinski definition) is 1. The second kappa shape index (κ2) is 5.31. The Balaban J connectivity index is 1.78. The largest absolute Gasteiger partial charge is 0.389 e. The molecule has 0 radical (unpaired) electrons. The number of hydrogen-bond acceptors (Lipinski definition) is 2. The van der Waals surface area contributed by atoms with E-state index in [1.165, 1.54) is 10.5 Å². The van der Waals surface area contributed by atoms with Gasteiger partial charge in [-0.3, -0.25) is 0 Å². The molecule has 94 valence electrons. The first-order valence-corrected chi connectivity index (χ1v) is 6.57. The Morgan fingerprint density at radius 1 is 1.29 bits per heavy atom. The molecule has 1 N–H and O–H groups in total. The van der Waals surface area contributed by atoms with E-state index in [0.29, 0.717) is 6.54 Å². The quantitative estimate of drug-likeness (QED) is 0.828. The van der Waals surface area contributed by atoms with Gasteiger partial charge in [0.05, 0.1) is 0 Å². The molecule has 1 heterocycles. The molecule has 0 amide bonds. The molecule has 0 spiro atoms. The van der Waals surface area contributed by atoms with E-state index in [1.807, 2.05) is 18.2 Å². The second-order valence-corrected chi connectivity index (χ2v) is 5.14. The summed E-state index contributed by atoms with van der Waals surface area (Å²) in [5, 5.41) is 3.19. The van der Waals surface area contributed by atoms with Crippen LogP contribution in [0.3, 0.4) is 0 Å². The monoisotopic (exact) mass is 261 g/mol. The van der Waals surface area contributed by atoms with E-state index in [0.717, 1.165) is 5.75 Å². The van der Waals surface area contributed by atoms with Crippen LogP contribution < -0.4 is 5.32 Å². The lowest BCUT2D eigenvalue weighted by atomic mass is 10.1. The predicted octanol–water partition coefficient (Wildman–Crippen LogP) is 3.77. The highest BCUT2D eigenvalue weighted by atomic mass is 32.2. The topological polar surface area (TPSA) is 12.0 Å². The highest BCUT2D eigenvalue weighted by Crippen LogP contribution is 2.37. The SMILES string of the molecule is FC(F)(F)CCCNC1CSc2ccccc21. The van der Waals surface area contributed by atoms with Crippen molar-refractivity contribution in [3.63, 3.8) is 0 Å². The van der Waals surface area contributed by atoms with E-state index >= 15 is 0 Å². The maximum Gasteiger partial charge on any atom is 0.389 e. The Morgan fingerprint density at radius 3 is 2.82 bits per heavy atom. The zero-order chi connectivity index (χ0) is 12.3. The Kier molecular flexibility index (Phi) is 3.99. The average molecular weight is 261 g/mol. The molecule has 1 atom stereocenters. The first kappa shape index (κ1) is 12.8. The van der Waals surface area contributed by atoms with Crippen LogP contribution in [0.2, 0.25) is 0 Å². The van der Waals surface area contributed by atoms with Gasteiger partial charge in [0.15, 0.2) is 0 Å². The van der Waals surface area contributed by atoms with Crippen LogP contribution in [0.5, 0.6) is 0 Å². The number of thioether (sulfide) groups is 1. The lowest BCUT2D eigenvalue weighted by Crippen LogP contribution is -2.23. The Morgan fingerprint density at radius 2 is 2.06 bits per heavy atom. The molecule has 2 rings (SSSR count). The summed E-state index contributed by atoms with van der Waals surface area (Å²) in [6.07, 6.45) is -4.60. The smallest absolute Gasteiger partial charge is 0.309 e. The lowest BCUT2D eigenvalue weighted by Gasteiger charge is -2.13. The predicted molar refractivity (Wildman–Crippen MR) is 63.2 cm³/mol. The molecule has 1 aliphatic rings. The molecule has 1 aliphatic heterocycles. The Hall–Kier alpha value is -0.680. The summed E-state index contributed by atoms with van der Waals surface area (Å²) < 4.78 is 35.9. The third-order valence-corrected chi connectivity index (χ3v) is 3.91. The molecule has 0 bridgehead atoms. The van der Waals surface area contributed by atoms with E-state index in [4.69, 9.17) is 0 Å². The van der Waals surface area contributed by atoms with Crippen molar-refractivity contribution in [3.05, 3.63) is 29.8 Å². The van der Waals surface area contributed by atoms with Gasteiger partial charge < -0.3 is 5.32 Å². The number of halogens is 3. The van der Waals surface area contributed by atoms with E-state index in [2.05, 4.69) is 11.4 Å². The van der Waals surface area contributed by atoms with Gasteiger partial charge in [0.2, 0.25) is 0 Å². The molecule has 0 aliphatic carbocycles. The van der Waals surface area contributed by atoms with Gasteiger partial charge in [-0.2, -0.15) is 13.2 Å². The van der Waals surface area contributed by atoms with Crippen LogP contribution in [-0.4, -0.2) is 18.5 Å². The fourth-order valence-corrected chi connectivity index (χ4v) is 3.09. The molecule has 1 aromatic carbocycles. The van der Waals surface area contributed by atoms with Crippen LogP contribution in [0, 0.1) is 0 Å². The van der Waals surface area contributed by atoms with Crippen molar-refractivity contribution in [1.29, 1.82) is 0 Å². The minimum Gasteiger partial charge on any atom is -0.309 e. The molecular formula is C12H14F3NS. The van der Waals surface area contributed by atoms with Gasteiger partial charge in [-0.1, -0.05) is 18.2 Å². The van der Waals surface area contributed by atoms with Crippen molar-refractivity contribution >= 4 is 11.8 Å². The van der Waals surface area contributed by atoms with Crippen molar-refractivity contribution in [1.82, 2.24) is 5.32 Å². The number of rotatable bonds is 4. The van der Waals surface area contributed by atoms with Gasteiger partial charge in [-0.15, -0.1) is 11.8 Å². The van der Waals surface area contributed by atoms with Gasteiger partial charge in [0.25, 0.3) is 0 Å². The molecular weight excluding hydrogens is 247 g/mol. The van der Waals surface area contributed by atoms with Crippen molar-refractivity contribution in [2.24, 2.45) is 0 Å². The number of fused-ring (bicyclic) bond motifs is 1. The zero-order valence-corrected chi connectivity index (χ0v) is 10.1. The highest BCUT2D eigenvalue weighted by Gasteiger charge is 2.27. The number of nitrogens with one attached hydrogen (secondary N) is 1. The number of alkyl halides is 3. The first-order chi connectivity index (χ1) is 8.06. The van der Waals surface area contributed by atoms with E-state index in [9.17, 15) is 13.2 Å². The van der Waals surface area contributed by atoms with Crippen molar-refractivity contribution in [3.8, 4) is 0 Å². The van der Waals surface area contributed by atoms with Gasteiger partial charge in [-0.05, 0) is 24.6 Å². The van der Waals surface area contributed by atoms with E-state index in [1.54, 1.807) is 11.8 Å². The van der Waals surface area contributed by atoms with Crippen LogP contribution in [0.4, 0.5) is 13.2 Å². The van der Waals surface area contributed by atoms with E-state index in [-0.39, 0.29) is 12.5 Å². The molecule has 5 heteroatoms. The van der Waals surface area contributed by atoms with Crippen molar-refractivity contribution in [2.75, 3.05) is 12.3 Å². The Labute approximate surface area is 103 Å². The lowest BCUT2D eigenvalue weighted by molar-refractivity contribution is -0.135. The zero-order valence-electron chi connectivity index (χ0n) is 9.26. The van der Waals surface area contributed by atoms with Crippen LogP contribution in [0.15, 0.2) is 29.2 Å². The van der Waals surface area contributed by atoms with Gasteiger partial charge >= 0.3 is 6.18 Å². The van der Waals surface area contributed by atoms with Crippen LogP contribution in [0.1, 0.15) is 24.4 Å². The maximum atomic E-state index is 12.0. The minimum absolute atomic E-state index is 0.146. The summed E-state index contributed by atoms with van der Waals surface area (Å²) in [6, 6.07) is 8.24. The molecule has 0 saturated carbocycles. The summed E-state index contributed by atoms with van der Waals surface area (Å²) in [6.45, 7) is 0.416. The molecule has 0 aromatic heterocycles. The fraction of sp³-hybridized carbons (Fsp3) is 0.500. The minimum atomic E-state index is -4.04. The Bertz CT molecular complexity index is 378. The summed E-state index contributed by atoms with van der Waals surface area (Å²) in [4.78, 5) is 1.24. The molecule has 1 aromatic rings. The van der Waals surface area contributed by atoms with Gasteiger partial charge in [-0.25, -0.2) is 0 Å². The second-order valence-electron chi connectivity index (χ2n) is 4.07. The highest BCUT2D eigenvalue weighted by molar-refractivity contribution is 7.99. The average Bonchev–Trinajstić information content (AvgIpc) is 2.67. The van der Waals surface area contributed by atoms with Crippen molar-refractivity contribution < 1.29 is 13.2 Å². The maximum absolute atomic E-state index is 12.0. The molecule has 17 heavy (non-hydrogen) atoms. The van der Waals surface area contributed by atoms with Crippen LogP contribution in [-0.2, 0) is 0 Å². The fourth-order valence-electron chi connectivity index (χ4n) is 1.90. The summed E-state index contributed by atoms with van der Waals surface area (Å²) in [5.41, 5.74) is 1.21. The van der Waals surface area contributed by atoms with Crippen LogP contribution >= 0.6 is 11.8 Å². The van der Waals surface area contributed by atoms with Crippen LogP contribution in [0.25, 0.3) is 0 Å². The summed E-state index contributed by atoms with van der Waals surface area (Å²) in [7, 11) is 0. The molecule has 0 saturated heterocycles. The van der Waals surface area contributed by atoms with Gasteiger partial charge in [0, 0.05) is 23.1 Å². The third-order valence-electron chi connectivity index (χ3n) is 2.73.